The van der Waals surface area contributed by atoms with Gasteiger partial charge < -0.3 is 9.73 Å². The van der Waals surface area contributed by atoms with E-state index in [9.17, 15) is 4.79 Å². The minimum absolute atomic E-state index is 0.189. The Balaban J connectivity index is 1.83. The van der Waals surface area contributed by atoms with Gasteiger partial charge in [0.1, 0.15) is 0 Å². The van der Waals surface area contributed by atoms with E-state index < -0.39 is 0 Å². The summed E-state index contributed by atoms with van der Waals surface area (Å²) in [7, 11) is 0. The van der Waals surface area contributed by atoms with Crippen LogP contribution in [0.2, 0.25) is 0 Å². The number of hydrogen-bond donors (Lipinski definition) is 1. The molecular weight excluding hydrogens is 276 g/mol. The molecule has 0 spiro atoms. The zero-order valence-corrected chi connectivity index (χ0v) is 11.8. The Morgan fingerprint density at radius 1 is 1.00 bits per heavy atom. The summed E-state index contributed by atoms with van der Waals surface area (Å²) >= 11 is 0. The largest absolute Gasteiger partial charge is 0.472 e. The lowest BCUT2D eigenvalue weighted by atomic mass is 10.1. The van der Waals surface area contributed by atoms with Crippen LogP contribution in [0.3, 0.4) is 0 Å². The molecule has 3 aromatic rings. The topological polar surface area (TPSA) is 54.6 Å². The predicted octanol–water partition coefficient (Wildman–Crippen LogP) is 4.28. The second kappa shape index (κ2) is 6.54. The van der Waals surface area contributed by atoms with E-state index in [4.69, 9.17) is 4.42 Å². The van der Waals surface area contributed by atoms with Crippen molar-refractivity contribution >= 4 is 23.5 Å². The number of benzene rings is 2. The van der Waals surface area contributed by atoms with Crippen LogP contribution in [0.5, 0.6) is 0 Å². The van der Waals surface area contributed by atoms with E-state index in [-0.39, 0.29) is 5.91 Å². The van der Waals surface area contributed by atoms with Crippen LogP contribution in [0.15, 0.2) is 82.6 Å². The molecule has 3 rings (SSSR count). The van der Waals surface area contributed by atoms with Crippen LogP contribution in [-0.4, -0.2) is 12.1 Å². The normalized spacial score (nSPS) is 10.7. The molecular formula is C18H14N2O2. The molecule has 0 aliphatic carbocycles. The zero-order valence-electron chi connectivity index (χ0n) is 11.8. The van der Waals surface area contributed by atoms with E-state index in [2.05, 4.69) is 10.3 Å². The lowest BCUT2D eigenvalue weighted by Gasteiger charge is -2.07. The minimum Gasteiger partial charge on any atom is -0.472 e. The van der Waals surface area contributed by atoms with Crippen molar-refractivity contribution in [1.82, 2.24) is 0 Å². The quantitative estimate of drug-likeness (QED) is 0.729. The highest BCUT2D eigenvalue weighted by molar-refractivity contribution is 6.08. The van der Waals surface area contributed by atoms with Crippen LogP contribution in [-0.2, 0) is 0 Å². The number of anilines is 1. The fourth-order valence-corrected chi connectivity index (χ4v) is 1.99. The van der Waals surface area contributed by atoms with Crippen LogP contribution >= 0.6 is 0 Å². The number of rotatable bonds is 4. The first kappa shape index (κ1) is 13.8. The first-order chi connectivity index (χ1) is 10.8. The third-order valence-corrected chi connectivity index (χ3v) is 3.08. The maximum atomic E-state index is 12.4. The molecule has 2 aromatic carbocycles. The first-order valence-electron chi connectivity index (χ1n) is 6.84. The third kappa shape index (κ3) is 3.30. The van der Waals surface area contributed by atoms with Gasteiger partial charge in [-0.1, -0.05) is 30.3 Å². The smallest absolute Gasteiger partial charge is 0.257 e. The fourth-order valence-electron chi connectivity index (χ4n) is 1.99. The number of nitrogens with zero attached hydrogens (tertiary/aromatic N) is 1. The Hall–Kier alpha value is -3.14. The highest BCUT2D eigenvalue weighted by Gasteiger charge is 2.10. The van der Waals surface area contributed by atoms with Crippen LogP contribution in [0.4, 0.5) is 11.4 Å². The molecule has 0 saturated heterocycles. The average Bonchev–Trinajstić information content (AvgIpc) is 3.07. The van der Waals surface area contributed by atoms with Gasteiger partial charge in [0.25, 0.3) is 5.91 Å². The summed E-state index contributed by atoms with van der Waals surface area (Å²) < 4.78 is 4.99. The van der Waals surface area contributed by atoms with Crippen molar-refractivity contribution in [3.05, 3.63) is 84.3 Å². The summed E-state index contributed by atoms with van der Waals surface area (Å²) in [5.41, 5.74) is 2.72. The number of furan rings is 1. The summed E-state index contributed by atoms with van der Waals surface area (Å²) in [5.74, 6) is -0.189. The molecule has 0 saturated carbocycles. The van der Waals surface area contributed by atoms with Crippen LogP contribution in [0.25, 0.3) is 0 Å². The van der Waals surface area contributed by atoms with Crippen molar-refractivity contribution < 1.29 is 9.21 Å². The summed E-state index contributed by atoms with van der Waals surface area (Å²) in [4.78, 5) is 16.8. The van der Waals surface area contributed by atoms with E-state index in [1.165, 1.54) is 0 Å². The number of amides is 1. The molecule has 1 heterocycles. The zero-order chi connectivity index (χ0) is 15.2. The van der Waals surface area contributed by atoms with Gasteiger partial charge in [-0.05, 0) is 30.3 Å². The molecule has 1 aromatic heterocycles. The summed E-state index contributed by atoms with van der Waals surface area (Å²) in [6, 6.07) is 18.4. The van der Waals surface area contributed by atoms with E-state index in [1.54, 1.807) is 36.9 Å². The van der Waals surface area contributed by atoms with Gasteiger partial charge in [0.15, 0.2) is 0 Å². The van der Waals surface area contributed by atoms with Gasteiger partial charge in [-0.2, -0.15) is 0 Å². The van der Waals surface area contributed by atoms with Gasteiger partial charge in [-0.3, -0.25) is 9.79 Å². The maximum Gasteiger partial charge on any atom is 0.257 e. The van der Waals surface area contributed by atoms with E-state index >= 15 is 0 Å². The highest BCUT2D eigenvalue weighted by atomic mass is 16.3. The van der Waals surface area contributed by atoms with E-state index in [0.29, 0.717) is 11.3 Å². The molecule has 0 aliphatic rings. The predicted molar refractivity (Wildman–Crippen MR) is 86.8 cm³/mol. The fraction of sp³-hybridized carbons (Fsp3) is 0. The number of nitrogens with one attached hydrogen (secondary N) is 1. The summed E-state index contributed by atoms with van der Waals surface area (Å²) in [6.07, 6.45) is 4.84. The summed E-state index contributed by atoms with van der Waals surface area (Å²) in [5, 5.41) is 2.86. The molecule has 22 heavy (non-hydrogen) atoms. The van der Waals surface area contributed by atoms with Gasteiger partial charge in [0.2, 0.25) is 0 Å². The van der Waals surface area contributed by atoms with Gasteiger partial charge in [0.05, 0.1) is 23.8 Å². The van der Waals surface area contributed by atoms with Crippen LogP contribution in [0, 0.1) is 0 Å². The van der Waals surface area contributed by atoms with E-state index in [1.807, 2.05) is 42.5 Å². The molecule has 1 amide bonds. The molecule has 0 fully saturated rings. The standard InChI is InChI=1S/C18H14N2O2/c21-18(20-15-6-2-1-3-7-15)16-8-4-5-9-17(16)19-12-14-10-11-22-13-14/h1-13H,(H,20,21). The molecule has 4 heteroatoms. The molecule has 1 N–H and O–H groups in total. The van der Waals surface area contributed by atoms with Crippen molar-refractivity contribution in [3.63, 3.8) is 0 Å². The highest BCUT2D eigenvalue weighted by Crippen LogP contribution is 2.20. The second-order valence-corrected chi connectivity index (χ2v) is 4.65. The van der Waals surface area contributed by atoms with Gasteiger partial charge in [-0.15, -0.1) is 0 Å². The minimum atomic E-state index is -0.189. The number of carbonyl (C=O) groups excluding carboxylic acids is 1. The van der Waals surface area contributed by atoms with Crippen molar-refractivity contribution in [2.24, 2.45) is 4.99 Å². The van der Waals surface area contributed by atoms with Crippen LogP contribution in [0.1, 0.15) is 15.9 Å². The molecule has 0 bridgehead atoms. The number of carbonyl (C=O) groups is 1. The Labute approximate surface area is 128 Å². The third-order valence-electron chi connectivity index (χ3n) is 3.08. The van der Waals surface area contributed by atoms with Crippen molar-refractivity contribution in [2.75, 3.05) is 5.32 Å². The van der Waals surface area contributed by atoms with Crippen molar-refractivity contribution in [1.29, 1.82) is 0 Å². The van der Waals surface area contributed by atoms with Gasteiger partial charge >= 0.3 is 0 Å². The Morgan fingerprint density at radius 2 is 1.77 bits per heavy atom. The number of aliphatic imine (C=N–C) groups is 1. The molecule has 0 aliphatic heterocycles. The average molecular weight is 290 g/mol. The van der Waals surface area contributed by atoms with Gasteiger partial charge in [-0.25, -0.2) is 0 Å². The lowest BCUT2D eigenvalue weighted by molar-refractivity contribution is 0.102. The maximum absolute atomic E-state index is 12.4. The number of hydrogen-bond acceptors (Lipinski definition) is 3. The molecule has 0 unspecified atom stereocenters. The summed E-state index contributed by atoms with van der Waals surface area (Å²) in [6.45, 7) is 0. The Morgan fingerprint density at radius 3 is 2.55 bits per heavy atom. The second-order valence-electron chi connectivity index (χ2n) is 4.65. The molecule has 0 radical (unpaired) electrons. The lowest BCUT2D eigenvalue weighted by Crippen LogP contribution is -2.11. The monoisotopic (exact) mass is 290 g/mol. The SMILES string of the molecule is O=C(Nc1ccccc1)c1ccccc1N=Cc1ccoc1. The van der Waals surface area contributed by atoms with E-state index in [0.717, 1.165) is 11.3 Å². The number of para-hydroxylation sites is 2. The van der Waals surface area contributed by atoms with Crippen molar-refractivity contribution in [2.45, 2.75) is 0 Å². The Bertz CT molecular complexity index is 778. The van der Waals surface area contributed by atoms with Gasteiger partial charge in [0, 0.05) is 17.5 Å². The Kier molecular flexibility index (Phi) is 4.11. The molecule has 4 nitrogen and oxygen atoms in total. The molecule has 0 atom stereocenters. The van der Waals surface area contributed by atoms with Crippen LogP contribution < -0.4 is 5.32 Å². The first-order valence-corrected chi connectivity index (χ1v) is 6.84. The van der Waals surface area contributed by atoms with Crippen molar-refractivity contribution in [3.8, 4) is 0 Å². The molecule has 108 valence electrons.